The lowest BCUT2D eigenvalue weighted by Crippen LogP contribution is -2.36. The van der Waals surface area contributed by atoms with Gasteiger partial charge in [0.2, 0.25) is 10.0 Å². The van der Waals surface area contributed by atoms with E-state index in [1.165, 1.54) is 16.4 Å². The summed E-state index contributed by atoms with van der Waals surface area (Å²) in [5, 5.41) is 3.74. The molecular weight excluding hydrogens is 433 g/mol. The quantitative estimate of drug-likeness (QED) is 0.584. The molecular formula is C19H26FN3O5S2. The van der Waals surface area contributed by atoms with E-state index in [1.807, 2.05) is 0 Å². The zero-order chi connectivity index (χ0) is 21.9. The molecule has 0 amide bonds. The third kappa shape index (κ3) is 5.08. The SMILES string of the molecule is Cc1noc(C)c1S(=O)(=O)N1CCCN(CCCS(=O)(=O)c2ccc(F)cc2)CC1. The lowest BCUT2D eigenvalue weighted by molar-refractivity contribution is 0.287. The Bertz CT molecular complexity index is 1060. The molecule has 3 rings (SSSR count). The predicted octanol–water partition coefficient (Wildman–Crippen LogP) is 1.99. The van der Waals surface area contributed by atoms with E-state index in [0.717, 1.165) is 12.1 Å². The van der Waals surface area contributed by atoms with E-state index >= 15 is 0 Å². The van der Waals surface area contributed by atoms with E-state index < -0.39 is 25.7 Å². The molecule has 0 spiro atoms. The van der Waals surface area contributed by atoms with Crippen LogP contribution in [0.1, 0.15) is 24.3 Å². The monoisotopic (exact) mass is 459 g/mol. The van der Waals surface area contributed by atoms with Crippen LogP contribution in [-0.2, 0) is 19.9 Å². The average molecular weight is 460 g/mol. The fourth-order valence-electron chi connectivity index (χ4n) is 3.62. The number of benzene rings is 1. The zero-order valence-electron chi connectivity index (χ0n) is 17.0. The van der Waals surface area contributed by atoms with Crippen LogP contribution < -0.4 is 0 Å². The first kappa shape index (κ1) is 22.9. The van der Waals surface area contributed by atoms with E-state index in [0.29, 0.717) is 51.3 Å². The van der Waals surface area contributed by atoms with Gasteiger partial charge in [-0.15, -0.1) is 0 Å². The predicted molar refractivity (Wildman–Crippen MR) is 109 cm³/mol. The van der Waals surface area contributed by atoms with E-state index in [2.05, 4.69) is 10.1 Å². The Labute approximate surface area is 176 Å². The highest BCUT2D eigenvalue weighted by molar-refractivity contribution is 7.91. The Morgan fingerprint density at radius 2 is 1.73 bits per heavy atom. The highest BCUT2D eigenvalue weighted by Gasteiger charge is 2.32. The van der Waals surface area contributed by atoms with Crippen LogP contribution in [-0.4, -0.2) is 69.7 Å². The summed E-state index contributed by atoms with van der Waals surface area (Å²) in [5.41, 5.74) is 0.347. The smallest absolute Gasteiger partial charge is 0.248 e. The second-order valence-corrected chi connectivity index (χ2v) is 11.4. The van der Waals surface area contributed by atoms with E-state index in [4.69, 9.17) is 4.52 Å². The van der Waals surface area contributed by atoms with Crippen molar-refractivity contribution in [1.29, 1.82) is 0 Å². The van der Waals surface area contributed by atoms with Gasteiger partial charge in [0.1, 0.15) is 16.4 Å². The Kier molecular flexibility index (Phi) is 6.95. The number of hydrogen-bond acceptors (Lipinski definition) is 7. The molecule has 1 aliphatic rings. The van der Waals surface area contributed by atoms with Crippen molar-refractivity contribution >= 4 is 19.9 Å². The van der Waals surface area contributed by atoms with Crippen molar-refractivity contribution in [2.75, 3.05) is 38.5 Å². The average Bonchev–Trinajstić information content (AvgIpc) is 2.88. The van der Waals surface area contributed by atoms with Crippen molar-refractivity contribution < 1.29 is 25.7 Å². The van der Waals surface area contributed by atoms with Crippen molar-refractivity contribution in [3.63, 3.8) is 0 Å². The van der Waals surface area contributed by atoms with E-state index in [-0.39, 0.29) is 21.3 Å². The largest absolute Gasteiger partial charge is 0.360 e. The molecule has 0 unspecified atom stereocenters. The van der Waals surface area contributed by atoms with Gasteiger partial charge in [0.25, 0.3) is 0 Å². The minimum Gasteiger partial charge on any atom is -0.360 e. The van der Waals surface area contributed by atoms with Crippen LogP contribution in [0.15, 0.2) is 38.6 Å². The van der Waals surface area contributed by atoms with Gasteiger partial charge in [-0.1, -0.05) is 5.16 Å². The Morgan fingerprint density at radius 1 is 1.03 bits per heavy atom. The Morgan fingerprint density at radius 3 is 2.37 bits per heavy atom. The molecule has 11 heteroatoms. The van der Waals surface area contributed by atoms with Crippen molar-refractivity contribution in [3.8, 4) is 0 Å². The molecule has 0 bridgehead atoms. The normalized spacial score (nSPS) is 17.2. The Hall–Kier alpha value is -1.82. The number of aryl methyl sites for hydroxylation is 2. The second kappa shape index (κ2) is 9.13. The van der Waals surface area contributed by atoms with Gasteiger partial charge in [-0.2, -0.15) is 4.31 Å². The summed E-state index contributed by atoms with van der Waals surface area (Å²) >= 11 is 0. The third-order valence-corrected chi connectivity index (χ3v) is 9.13. The first-order valence-corrected chi connectivity index (χ1v) is 12.8. The van der Waals surface area contributed by atoms with Crippen LogP contribution in [0, 0.1) is 19.7 Å². The minimum atomic E-state index is -3.69. The van der Waals surface area contributed by atoms with Crippen LogP contribution in [0.5, 0.6) is 0 Å². The van der Waals surface area contributed by atoms with Gasteiger partial charge >= 0.3 is 0 Å². The number of aromatic nitrogens is 1. The number of rotatable bonds is 7. The van der Waals surface area contributed by atoms with E-state index in [1.54, 1.807) is 13.8 Å². The summed E-state index contributed by atoms with van der Waals surface area (Å²) in [6.45, 7) is 5.63. The van der Waals surface area contributed by atoms with Gasteiger partial charge in [-0.05, 0) is 64.0 Å². The Balaban J connectivity index is 1.56. The summed E-state index contributed by atoms with van der Waals surface area (Å²) in [5.74, 6) is -0.245. The molecule has 1 aromatic carbocycles. The lowest BCUT2D eigenvalue weighted by atomic mass is 10.3. The molecule has 1 aliphatic heterocycles. The molecule has 30 heavy (non-hydrogen) atoms. The van der Waals surface area contributed by atoms with Gasteiger partial charge < -0.3 is 9.42 Å². The standard InChI is InChI=1S/C19H26FN3O5S2/c1-15-19(16(2)28-21-15)30(26,27)23-11-3-9-22(12-13-23)10-4-14-29(24,25)18-7-5-17(20)6-8-18/h5-8H,3-4,9-14H2,1-2H3. The topological polar surface area (TPSA) is 101 Å². The molecule has 2 heterocycles. The molecule has 0 aliphatic carbocycles. The van der Waals surface area contributed by atoms with Crippen molar-refractivity contribution in [3.05, 3.63) is 41.5 Å². The van der Waals surface area contributed by atoms with Crippen LogP contribution in [0.4, 0.5) is 4.39 Å². The lowest BCUT2D eigenvalue weighted by Gasteiger charge is -2.21. The molecule has 166 valence electrons. The van der Waals surface area contributed by atoms with Crippen molar-refractivity contribution in [1.82, 2.24) is 14.4 Å². The number of nitrogens with zero attached hydrogens (tertiary/aromatic N) is 3. The van der Waals surface area contributed by atoms with E-state index in [9.17, 15) is 21.2 Å². The molecule has 1 aromatic heterocycles. The third-order valence-electron chi connectivity index (χ3n) is 5.17. The number of halogens is 1. The zero-order valence-corrected chi connectivity index (χ0v) is 18.7. The molecule has 0 atom stereocenters. The van der Waals surface area contributed by atoms with Gasteiger partial charge in [-0.25, -0.2) is 21.2 Å². The van der Waals surface area contributed by atoms with Crippen LogP contribution >= 0.6 is 0 Å². The minimum absolute atomic E-state index is 0.0454. The summed E-state index contributed by atoms with van der Waals surface area (Å²) < 4.78 is 70.2. The van der Waals surface area contributed by atoms with Gasteiger partial charge in [0.05, 0.1) is 10.6 Å². The van der Waals surface area contributed by atoms with Gasteiger partial charge in [0, 0.05) is 19.6 Å². The highest BCUT2D eigenvalue weighted by Crippen LogP contribution is 2.24. The van der Waals surface area contributed by atoms with Crippen LogP contribution in [0.2, 0.25) is 0 Å². The fraction of sp³-hybridized carbons (Fsp3) is 0.526. The molecule has 1 fully saturated rings. The summed E-state index contributed by atoms with van der Waals surface area (Å²) in [6.07, 6.45) is 1.06. The van der Waals surface area contributed by atoms with Gasteiger partial charge in [-0.3, -0.25) is 0 Å². The summed E-state index contributed by atoms with van der Waals surface area (Å²) in [4.78, 5) is 2.31. The molecule has 0 N–H and O–H groups in total. The summed E-state index contributed by atoms with van der Waals surface area (Å²) in [7, 11) is -7.16. The van der Waals surface area contributed by atoms with Crippen molar-refractivity contribution in [2.45, 2.75) is 36.5 Å². The maximum atomic E-state index is 13.0. The molecule has 8 nitrogen and oxygen atoms in total. The number of sulfonamides is 1. The molecule has 1 saturated heterocycles. The summed E-state index contributed by atoms with van der Waals surface area (Å²) in [6, 6.07) is 4.81. The first-order valence-electron chi connectivity index (χ1n) is 9.75. The number of hydrogen-bond donors (Lipinski definition) is 0. The molecule has 2 aromatic rings. The van der Waals surface area contributed by atoms with Gasteiger partial charge in [0.15, 0.2) is 15.6 Å². The molecule has 0 radical (unpaired) electrons. The highest BCUT2D eigenvalue weighted by atomic mass is 32.2. The second-order valence-electron chi connectivity index (χ2n) is 7.38. The number of sulfone groups is 1. The fourth-order valence-corrected chi connectivity index (χ4v) is 6.68. The van der Waals surface area contributed by atoms with Crippen LogP contribution in [0.3, 0.4) is 0 Å². The molecule has 0 saturated carbocycles. The van der Waals surface area contributed by atoms with Crippen molar-refractivity contribution in [2.24, 2.45) is 0 Å². The first-order chi connectivity index (χ1) is 14.1. The maximum absolute atomic E-state index is 13.0. The van der Waals surface area contributed by atoms with Crippen LogP contribution in [0.25, 0.3) is 0 Å². The maximum Gasteiger partial charge on any atom is 0.248 e.